The van der Waals surface area contributed by atoms with Gasteiger partial charge in [0.1, 0.15) is 5.82 Å². The number of nitrogens with one attached hydrogen (secondary N) is 1. The second-order valence-corrected chi connectivity index (χ2v) is 6.09. The zero-order valence-electron chi connectivity index (χ0n) is 12.8. The third-order valence-corrected chi connectivity index (χ3v) is 4.03. The number of anilines is 2. The van der Waals surface area contributed by atoms with E-state index in [2.05, 4.69) is 20.3 Å². The van der Waals surface area contributed by atoms with Gasteiger partial charge in [0, 0.05) is 37.7 Å². The molecule has 24 heavy (non-hydrogen) atoms. The van der Waals surface area contributed by atoms with E-state index in [1.165, 1.54) is 0 Å². The lowest BCUT2D eigenvalue weighted by Gasteiger charge is -2.20. The van der Waals surface area contributed by atoms with E-state index in [1.807, 2.05) is 11.8 Å². The van der Waals surface area contributed by atoms with Gasteiger partial charge >= 0.3 is 6.18 Å². The number of halogens is 4. The SMILES string of the molecule is Cc1cnc(NC2CCN(c3ncc(C(F)(F)F)cc3Cl)C2)nc1. The van der Waals surface area contributed by atoms with Crippen molar-refractivity contribution in [3.8, 4) is 0 Å². The van der Waals surface area contributed by atoms with Crippen LogP contribution in [-0.4, -0.2) is 34.1 Å². The summed E-state index contributed by atoms with van der Waals surface area (Å²) in [6.45, 7) is 3.11. The maximum atomic E-state index is 12.7. The topological polar surface area (TPSA) is 53.9 Å². The fourth-order valence-corrected chi connectivity index (χ4v) is 2.82. The lowest BCUT2D eigenvalue weighted by molar-refractivity contribution is -0.137. The quantitative estimate of drug-likeness (QED) is 0.910. The average Bonchev–Trinajstić information content (AvgIpc) is 2.97. The Morgan fingerprint density at radius 1 is 1.21 bits per heavy atom. The van der Waals surface area contributed by atoms with E-state index in [9.17, 15) is 13.2 Å². The standard InChI is InChI=1S/C15H15ClF3N5/c1-9-5-21-14(22-6-9)23-11-2-3-24(8-11)13-12(16)4-10(7-20-13)15(17,18)19/h4-7,11H,2-3,8H2,1H3,(H,21,22,23). The van der Waals surface area contributed by atoms with Crippen molar-refractivity contribution in [2.45, 2.75) is 25.6 Å². The van der Waals surface area contributed by atoms with Crippen LogP contribution in [0.1, 0.15) is 17.5 Å². The highest BCUT2D eigenvalue weighted by Gasteiger charge is 2.33. The summed E-state index contributed by atoms with van der Waals surface area (Å²) in [6, 6.07) is 0.987. The molecule has 1 atom stereocenters. The van der Waals surface area contributed by atoms with Crippen LogP contribution < -0.4 is 10.2 Å². The van der Waals surface area contributed by atoms with Gasteiger partial charge in [-0.3, -0.25) is 0 Å². The summed E-state index contributed by atoms with van der Waals surface area (Å²) < 4.78 is 38.0. The van der Waals surface area contributed by atoms with E-state index in [4.69, 9.17) is 11.6 Å². The van der Waals surface area contributed by atoms with Crippen molar-refractivity contribution in [2.75, 3.05) is 23.3 Å². The maximum absolute atomic E-state index is 12.7. The molecular weight excluding hydrogens is 343 g/mol. The Labute approximate surface area is 141 Å². The van der Waals surface area contributed by atoms with Gasteiger partial charge in [-0.1, -0.05) is 11.6 Å². The molecule has 1 aliphatic heterocycles. The van der Waals surface area contributed by atoms with E-state index in [-0.39, 0.29) is 11.1 Å². The molecule has 0 amide bonds. The zero-order valence-corrected chi connectivity index (χ0v) is 13.6. The number of nitrogens with zero attached hydrogens (tertiary/aromatic N) is 4. The molecular formula is C15H15ClF3N5. The third kappa shape index (κ3) is 3.69. The van der Waals surface area contributed by atoms with Crippen molar-refractivity contribution in [2.24, 2.45) is 0 Å². The van der Waals surface area contributed by atoms with Crippen LogP contribution in [0, 0.1) is 6.92 Å². The molecule has 0 aromatic carbocycles. The van der Waals surface area contributed by atoms with Crippen LogP contribution in [0.4, 0.5) is 24.9 Å². The largest absolute Gasteiger partial charge is 0.417 e. The number of rotatable bonds is 3. The van der Waals surface area contributed by atoms with Crippen LogP contribution in [0.25, 0.3) is 0 Å². The predicted octanol–water partition coefficient (Wildman–Crippen LogP) is 3.54. The predicted molar refractivity (Wildman–Crippen MR) is 85.3 cm³/mol. The van der Waals surface area contributed by atoms with Crippen LogP contribution in [0.3, 0.4) is 0 Å². The van der Waals surface area contributed by atoms with Crippen molar-refractivity contribution in [3.05, 3.63) is 40.8 Å². The van der Waals surface area contributed by atoms with Crippen LogP contribution in [0.5, 0.6) is 0 Å². The van der Waals surface area contributed by atoms with E-state index < -0.39 is 11.7 Å². The summed E-state index contributed by atoms with van der Waals surface area (Å²) in [7, 11) is 0. The van der Waals surface area contributed by atoms with Gasteiger partial charge in [-0.15, -0.1) is 0 Å². The first-order chi connectivity index (χ1) is 11.3. The molecule has 128 valence electrons. The number of pyridine rings is 1. The lowest BCUT2D eigenvalue weighted by atomic mass is 10.2. The Bertz CT molecular complexity index is 720. The Hall–Kier alpha value is -2.09. The molecule has 0 spiro atoms. The minimum Gasteiger partial charge on any atom is -0.353 e. The molecule has 0 aliphatic carbocycles. The number of alkyl halides is 3. The summed E-state index contributed by atoms with van der Waals surface area (Å²) in [5, 5.41) is 3.21. The van der Waals surface area contributed by atoms with Gasteiger partial charge in [0.05, 0.1) is 10.6 Å². The monoisotopic (exact) mass is 357 g/mol. The van der Waals surface area contributed by atoms with Crippen LogP contribution in [-0.2, 0) is 6.18 Å². The summed E-state index contributed by atoms with van der Waals surface area (Å²) in [6.07, 6.45) is 0.584. The molecule has 9 heteroatoms. The van der Waals surface area contributed by atoms with Gasteiger partial charge in [0.2, 0.25) is 5.95 Å². The molecule has 3 rings (SSSR count). The molecule has 0 radical (unpaired) electrons. The minimum atomic E-state index is -4.45. The number of hydrogen-bond donors (Lipinski definition) is 1. The van der Waals surface area contributed by atoms with Crippen LogP contribution >= 0.6 is 11.6 Å². The highest BCUT2D eigenvalue weighted by molar-refractivity contribution is 6.33. The van der Waals surface area contributed by atoms with Crippen LogP contribution in [0.2, 0.25) is 5.02 Å². The van der Waals surface area contributed by atoms with E-state index >= 15 is 0 Å². The zero-order chi connectivity index (χ0) is 17.3. The molecule has 0 saturated carbocycles. The smallest absolute Gasteiger partial charge is 0.353 e. The Morgan fingerprint density at radius 3 is 2.54 bits per heavy atom. The van der Waals surface area contributed by atoms with Gasteiger partial charge in [0.15, 0.2) is 0 Å². The molecule has 2 aromatic heterocycles. The molecule has 1 saturated heterocycles. The summed E-state index contributed by atoms with van der Waals surface area (Å²) in [4.78, 5) is 14.1. The summed E-state index contributed by atoms with van der Waals surface area (Å²) in [5.41, 5.74) is 0.118. The molecule has 1 N–H and O–H groups in total. The second kappa shape index (κ2) is 6.43. The van der Waals surface area contributed by atoms with Crippen molar-refractivity contribution in [1.29, 1.82) is 0 Å². The van der Waals surface area contributed by atoms with Gasteiger partial charge in [0.25, 0.3) is 0 Å². The molecule has 1 unspecified atom stereocenters. The first-order valence-corrected chi connectivity index (χ1v) is 7.73. The average molecular weight is 358 g/mol. The fraction of sp³-hybridized carbons (Fsp3) is 0.400. The number of aromatic nitrogens is 3. The number of aryl methyl sites for hydroxylation is 1. The number of hydrogen-bond acceptors (Lipinski definition) is 5. The first kappa shape index (κ1) is 16.8. The fourth-order valence-electron chi connectivity index (χ4n) is 2.54. The lowest BCUT2D eigenvalue weighted by Crippen LogP contribution is -2.27. The minimum absolute atomic E-state index is 0.00272. The van der Waals surface area contributed by atoms with Gasteiger partial charge in [-0.2, -0.15) is 13.2 Å². The normalized spacial score (nSPS) is 18.0. The van der Waals surface area contributed by atoms with E-state index in [0.29, 0.717) is 24.9 Å². The van der Waals surface area contributed by atoms with E-state index in [1.54, 1.807) is 12.4 Å². The van der Waals surface area contributed by atoms with Gasteiger partial charge in [-0.25, -0.2) is 15.0 Å². The Balaban J connectivity index is 1.68. The van der Waals surface area contributed by atoms with Crippen LogP contribution in [0.15, 0.2) is 24.7 Å². The van der Waals surface area contributed by atoms with Crippen molar-refractivity contribution in [3.63, 3.8) is 0 Å². The summed E-state index contributed by atoms with van der Waals surface area (Å²) in [5.74, 6) is 0.887. The highest BCUT2D eigenvalue weighted by atomic mass is 35.5. The maximum Gasteiger partial charge on any atom is 0.417 e. The van der Waals surface area contributed by atoms with Crippen molar-refractivity contribution in [1.82, 2.24) is 15.0 Å². The highest BCUT2D eigenvalue weighted by Crippen LogP contribution is 2.34. The molecule has 0 bridgehead atoms. The van der Waals surface area contributed by atoms with Crippen molar-refractivity contribution < 1.29 is 13.2 Å². The van der Waals surface area contributed by atoms with Gasteiger partial charge < -0.3 is 10.2 Å². The van der Waals surface area contributed by atoms with E-state index in [0.717, 1.165) is 24.2 Å². The molecule has 1 fully saturated rings. The van der Waals surface area contributed by atoms with Crippen molar-refractivity contribution >= 4 is 23.4 Å². The van der Waals surface area contributed by atoms with Gasteiger partial charge in [-0.05, 0) is 25.0 Å². The second-order valence-electron chi connectivity index (χ2n) is 5.69. The molecule has 1 aliphatic rings. The summed E-state index contributed by atoms with van der Waals surface area (Å²) >= 11 is 5.99. The first-order valence-electron chi connectivity index (χ1n) is 7.36. The molecule has 3 heterocycles. The Morgan fingerprint density at radius 2 is 1.92 bits per heavy atom. The third-order valence-electron chi connectivity index (χ3n) is 3.75. The molecule has 2 aromatic rings. The Kier molecular flexibility index (Phi) is 4.49. The molecule has 5 nitrogen and oxygen atoms in total.